The predicted octanol–water partition coefficient (Wildman–Crippen LogP) is 4.53. The van der Waals surface area contributed by atoms with Gasteiger partial charge in [-0.25, -0.2) is 4.79 Å². The minimum Gasteiger partial charge on any atom is -0.467 e. The Balaban J connectivity index is 1.32. The second-order valence-electron chi connectivity index (χ2n) is 7.18. The van der Waals surface area contributed by atoms with E-state index in [1.807, 2.05) is 36.4 Å². The molecule has 1 aliphatic rings. The average molecular weight is 405 g/mol. The number of carbonyl (C=O) groups excluding carboxylic acids is 2. The highest BCUT2D eigenvalue weighted by Crippen LogP contribution is 2.19. The van der Waals surface area contributed by atoms with Crippen molar-refractivity contribution < 1.29 is 18.7 Å². The van der Waals surface area contributed by atoms with Crippen LogP contribution in [-0.2, 0) is 18.0 Å². The number of nitrogens with one attached hydrogen (secondary N) is 3. The molecule has 0 bridgehead atoms. The van der Waals surface area contributed by atoms with Crippen LogP contribution < -0.4 is 16.0 Å². The van der Waals surface area contributed by atoms with Gasteiger partial charge in [-0.05, 0) is 60.9 Å². The fraction of sp³-hybridized carbons (Fsp3) is 0.217. The second kappa shape index (κ2) is 9.28. The number of anilines is 2. The van der Waals surface area contributed by atoms with E-state index in [-0.39, 0.29) is 18.0 Å². The molecule has 0 spiro atoms. The van der Waals surface area contributed by atoms with E-state index in [9.17, 15) is 9.59 Å². The Labute approximate surface area is 174 Å². The van der Waals surface area contributed by atoms with Crippen molar-refractivity contribution in [3.8, 4) is 0 Å². The van der Waals surface area contributed by atoms with Gasteiger partial charge in [0.05, 0.1) is 12.9 Å². The predicted molar refractivity (Wildman–Crippen MR) is 113 cm³/mol. The molecule has 3 N–H and O–H groups in total. The van der Waals surface area contributed by atoms with Crippen LogP contribution in [0.5, 0.6) is 0 Å². The molecule has 2 aromatic carbocycles. The van der Waals surface area contributed by atoms with Gasteiger partial charge in [0.2, 0.25) is 0 Å². The van der Waals surface area contributed by atoms with Crippen molar-refractivity contribution in [1.82, 2.24) is 5.32 Å². The van der Waals surface area contributed by atoms with Crippen molar-refractivity contribution in [2.45, 2.75) is 32.1 Å². The maximum Gasteiger partial charge on any atom is 0.319 e. The van der Waals surface area contributed by atoms with Crippen LogP contribution in [0.2, 0.25) is 0 Å². The monoisotopic (exact) mass is 405 g/mol. The number of furan rings is 1. The molecule has 0 saturated heterocycles. The van der Waals surface area contributed by atoms with E-state index in [1.165, 1.54) is 0 Å². The normalized spacial score (nSPS) is 12.9. The van der Waals surface area contributed by atoms with Gasteiger partial charge in [-0.1, -0.05) is 18.2 Å². The Bertz CT molecular complexity index is 1010. The first-order valence-electron chi connectivity index (χ1n) is 9.84. The summed E-state index contributed by atoms with van der Waals surface area (Å²) >= 11 is 0. The van der Waals surface area contributed by atoms with Crippen LogP contribution in [0.15, 0.2) is 71.3 Å². The number of hydrogen-bond acceptors (Lipinski definition) is 4. The Kier molecular flexibility index (Phi) is 6.10. The van der Waals surface area contributed by atoms with Gasteiger partial charge in [0.25, 0.3) is 5.91 Å². The molecular weight excluding hydrogens is 382 g/mol. The molecule has 3 aromatic rings. The second-order valence-corrected chi connectivity index (χ2v) is 7.18. The largest absolute Gasteiger partial charge is 0.467 e. The maximum absolute atomic E-state index is 12.6. The highest BCUT2D eigenvalue weighted by molar-refractivity contribution is 6.05. The standard InChI is InChI=1S/C23H23N3O4/c27-22(17-5-2-7-20(13-17)26-23(28)25-18-9-10-18)24-19-6-1-4-16(12-19)14-29-15-21-8-3-11-30-21/h1-8,11-13,18H,9-10,14-15H2,(H,24,27)(H2,25,26,28). The molecule has 0 radical (unpaired) electrons. The zero-order chi connectivity index (χ0) is 20.8. The van der Waals surface area contributed by atoms with Crippen molar-refractivity contribution in [3.63, 3.8) is 0 Å². The smallest absolute Gasteiger partial charge is 0.319 e. The zero-order valence-electron chi connectivity index (χ0n) is 16.4. The fourth-order valence-corrected chi connectivity index (χ4v) is 2.92. The molecule has 1 saturated carbocycles. The lowest BCUT2D eigenvalue weighted by Crippen LogP contribution is -2.30. The molecule has 1 fully saturated rings. The fourth-order valence-electron chi connectivity index (χ4n) is 2.92. The third kappa shape index (κ3) is 5.71. The van der Waals surface area contributed by atoms with Crippen molar-refractivity contribution in [1.29, 1.82) is 0 Å². The summed E-state index contributed by atoms with van der Waals surface area (Å²) in [5, 5.41) is 8.50. The summed E-state index contributed by atoms with van der Waals surface area (Å²) < 4.78 is 10.9. The molecule has 0 atom stereocenters. The van der Waals surface area contributed by atoms with Crippen LogP contribution in [-0.4, -0.2) is 18.0 Å². The summed E-state index contributed by atoms with van der Waals surface area (Å²) in [6.07, 6.45) is 3.64. The van der Waals surface area contributed by atoms with Gasteiger partial charge in [0.1, 0.15) is 12.4 Å². The van der Waals surface area contributed by atoms with E-state index in [0.29, 0.717) is 30.2 Å². The number of hydrogen-bond donors (Lipinski definition) is 3. The lowest BCUT2D eigenvalue weighted by Gasteiger charge is -2.10. The van der Waals surface area contributed by atoms with Crippen LogP contribution >= 0.6 is 0 Å². The molecule has 0 aliphatic heterocycles. The molecule has 7 heteroatoms. The molecule has 154 valence electrons. The third-order valence-electron chi connectivity index (χ3n) is 4.57. The van der Waals surface area contributed by atoms with Crippen LogP contribution in [0.3, 0.4) is 0 Å². The Morgan fingerprint density at radius 2 is 1.73 bits per heavy atom. The van der Waals surface area contributed by atoms with Gasteiger partial charge in [-0.3, -0.25) is 4.79 Å². The molecule has 4 rings (SSSR count). The van der Waals surface area contributed by atoms with Gasteiger partial charge in [0, 0.05) is 23.0 Å². The van der Waals surface area contributed by atoms with E-state index >= 15 is 0 Å². The summed E-state index contributed by atoms with van der Waals surface area (Å²) in [6, 6.07) is 18.0. The molecule has 1 heterocycles. The highest BCUT2D eigenvalue weighted by Gasteiger charge is 2.23. The van der Waals surface area contributed by atoms with Crippen molar-refractivity contribution >= 4 is 23.3 Å². The van der Waals surface area contributed by atoms with E-state index in [1.54, 1.807) is 30.5 Å². The molecule has 1 aliphatic carbocycles. The molecule has 30 heavy (non-hydrogen) atoms. The van der Waals surface area contributed by atoms with Crippen molar-refractivity contribution in [3.05, 3.63) is 83.8 Å². The van der Waals surface area contributed by atoms with Gasteiger partial charge >= 0.3 is 6.03 Å². The molecule has 3 amide bonds. The number of amides is 3. The Hall–Kier alpha value is -3.58. The lowest BCUT2D eigenvalue weighted by molar-refractivity contribution is 0.0929. The van der Waals surface area contributed by atoms with Gasteiger partial charge in [0.15, 0.2) is 0 Å². The topological polar surface area (TPSA) is 92.6 Å². The van der Waals surface area contributed by atoms with E-state index < -0.39 is 0 Å². The quantitative estimate of drug-likeness (QED) is 0.513. The first-order valence-corrected chi connectivity index (χ1v) is 9.84. The summed E-state index contributed by atoms with van der Waals surface area (Å²) in [7, 11) is 0. The van der Waals surface area contributed by atoms with Crippen LogP contribution in [0.4, 0.5) is 16.2 Å². The van der Waals surface area contributed by atoms with Crippen molar-refractivity contribution in [2.75, 3.05) is 10.6 Å². The van der Waals surface area contributed by atoms with Gasteiger partial charge < -0.3 is 25.1 Å². The van der Waals surface area contributed by atoms with E-state index in [4.69, 9.17) is 9.15 Å². The molecule has 0 unspecified atom stereocenters. The van der Waals surface area contributed by atoms with Crippen LogP contribution in [0, 0.1) is 0 Å². The van der Waals surface area contributed by atoms with Gasteiger partial charge in [-0.2, -0.15) is 0 Å². The summed E-state index contributed by atoms with van der Waals surface area (Å²) in [5.74, 6) is 0.508. The minimum atomic E-state index is -0.255. The maximum atomic E-state index is 12.6. The van der Waals surface area contributed by atoms with Crippen molar-refractivity contribution in [2.24, 2.45) is 0 Å². The number of ether oxygens (including phenoxy) is 1. The van der Waals surface area contributed by atoms with Gasteiger partial charge in [-0.15, -0.1) is 0 Å². The van der Waals surface area contributed by atoms with E-state index in [2.05, 4.69) is 16.0 Å². The number of carbonyl (C=O) groups is 2. The van der Waals surface area contributed by atoms with E-state index in [0.717, 1.165) is 24.2 Å². The summed E-state index contributed by atoms with van der Waals surface area (Å²) in [6.45, 7) is 0.789. The highest BCUT2D eigenvalue weighted by atomic mass is 16.5. The Morgan fingerprint density at radius 1 is 0.933 bits per heavy atom. The number of urea groups is 1. The van der Waals surface area contributed by atoms with Crippen LogP contribution in [0.1, 0.15) is 34.5 Å². The SMILES string of the molecule is O=C(Nc1cccc(C(=O)Nc2cccc(COCc3ccco3)c2)c1)NC1CC1. The first-order chi connectivity index (χ1) is 14.7. The summed E-state index contributed by atoms with van der Waals surface area (Å²) in [4.78, 5) is 24.5. The lowest BCUT2D eigenvalue weighted by atomic mass is 10.1. The molecule has 7 nitrogen and oxygen atoms in total. The third-order valence-corrected chi connectivity index (χ3v) is 4.57. The molecular formula is C23H23N3O4. The average Bonchev–Trinajstić information content (AvgIpc) is 3.39. The van der Waals surface area contributed by atoms with Crippen LogP contribution in [0.25, 0.3) is 0 Å². The number of rotatable bonds is 8. The zero-order valence-corrected chi connectivity index (χ0v) is 16.4. The summed E-state index contributed by atoms with van der Waals surface area (Å²) in [5.41, 5.74) is 2.63. The minimum absolute atomic E-state index is 0.252. The number of benzene rings is 2. The molecule has 1 aromatic heterocycles. The Morgan fingerprint density at radius 3 is 2.50 bits per heavy atom. The first kappa shape index (κ1) is 19.7.